The maximum absolute atomic E-state index is 11.4. The maximum Gasteiger partial charge on any atom is 0.258 e. The number of hydrogen-bond donors (Lipinski definition) is 3. The lowest BCUT2D eigenvalue weighted by Crippen LogP contribution is -2.39. The minimum Gasteiger partial charge on any atom is -0.484 e. The fourth-order valence-corrected chi connectivity index (χ4v) is 1.40. The average Bonchev–Trinajstić information content (AvgIpc) is 2.45. The molecule has 20 heavy (non-hydrogen) atoms. The van der Waals surface area contributed by atoms with E-state index in [2.05, 4.69) is 10.6 Å². The highest BCUT2D eigenvalue weighted by Crippen LogP contribution is 2.15. The molecule has 0 aliphatic carbocycles. The van der Waals surface area contributed by atoms with Crippen LogP contribution in [0.15, 0.2) is 24.3 Å². The highest BCUT2D eigenvalue weighted by molar-refractivity contribution is 6.30. The lowest BCUT2D eigenvalue weighted by Gasteiger charge is -2.08. The van der Waals surface area contributed by atoms with Gasteiger partial charge in [0.25, 0.3) is 5.91 Å². The number of nitrogens with one attached hydrogen (secondary N) is 2. The van der Waals surface area contributed by atoms with Gasteiger partial charge < -0.3 is 20.5 Å². The summed E-state index contributed by atoms with van der Waals surface area (Å²) in [6.45, 7) is 0.105. The first-order chi connectivity index (χ1) is 9.61. The van der Waals surface area contributed by atoms with E-state index in [1.807, 2.05) is 0 Å². The number of aliphatic hydroxyl groups excluding tert-OH is 1. The highest BCUT2D eigenvalue weighted by Gasteiger charge is 2.05. The van der Waals surface area contributed by atoms with Crippen molar-refractivity contribution in [2.45, 2.75) is 6.42 Å². The summed E-state index contributed by atoms with van der Waals surface area (Å²) in [5, 5.41) is 14.1. The summed E-state index contributed by atoms with van der Waals surface area (Å²) in [6, 6.07) is 6.61. The van der Waals surface area contributed by atoms with Gasteiger partial charge in [0.15, 0.2) is 6.61 Å². The highest BCUT2D eigenvalue weighted by atomic mass is 35.5. The number of halogens is 1. The van der Waals surface area contributed by atoms with Gasteiger partial charge in [0.1, 0.15) is 5.75 Å². The topological polar surface area (TPSA) is 87.7 Å². The molecule has 1 rings (SSSR count). The Kier molecular flexibility index (Phi) is 7.46. The Morgan fingerprint density at radius 1 is 1.15 bits per heavy atom. The summed E-state index contributed by atoms with van der Waals surface area (Å²) in [7, 11) is 0. The molecule has 0 atom stereocenters. The molecular weight excluding hydrogens is 284 g/mol. The molecule has 1 aromatic rings. The van der Waals surface area contributed by atoms with Crippen LogP contribution in [-0.4, -0.2) is 43.2 Å². The fraction of sp³-hybridized carbons (Fsp3) is 0.385. The monoisotopic (exact) mass is 300 g/mol. The molecule has 7 heteroatoms. The van der Waals surface area contributed by atoms with Crippen molar-refractivity contribution in [3.63, 3.8) is 0 Å². The van der Waals surface area contributed by atoms with Crippen molar-refractivity contribution in [2.75, 3.05) is 26.3 Å². The Hall–Kier alpha value is -1.79. The quantitative estimate of drug-likeness (QED) is 0.604. The fourth-order valence-electron chi connectivity index (χ4n) is 1.28. The van der Waals surface area contributed by atoms with E-state index in [0.29, 0.717) is 23.7 Å². The van der Waals surface area contributed by atoms with Gasteiger partial charge in [-0.3, -0.25) is 9.59 Å². The van der Waals surface area contributed by atoms with Gasteiger partial charge in [0, 0.05) is 18.2 Å². The molecule has 0 aliphatic rings. The van der Waals surface area contributed by atoms with Crippen LogP contribution in [0.4, 0.5) is 0 Å². The van der Waals surface area contributed by atoms with E-state index < -0.39 is 5.91 Å². The van der Waals surface area contributed by atoms with Gasteiger partial charge in [-0.1, -0.05) is 11.6 Å². The minimum absolute atomic E-state index is 0.0154. The lowest BCUT2D eigenvalue weighted by atomic mass is 10.3. The van der Waals surface area contributed by atoms with E-state index in [-0.39, 0.29) is 25.7 Å². The lowest BCUT2D eigenvalue weighted by molar-refractivity contribution is -0.127. The number of carbonyl (C=O) groups excluding carboxylic acids is 2. The second kappa shape index (κ2) is 9.17. The van der Waals surface area contributed by atoms with Crippen molar-refractivity contribution in [1.82, 2.24) is 10.6 Å². The van der Waals surface area contributed by atoms with Crippen LogP contribution in [0.25, 0.3) is 0 Å². The minimum atomic E-state index is -0.391. The van der Waals surface area contributed by atoms with E-state index in [0.717, 1.165) is 0 Å². The first kappa shape index (κ1) is 16.3. The number of benzene rings is 1. The van der Waals surface area contributed by atoms with Crippen molar-refractivity contribution >= 4 is 23.4 Å². The van der Waals surface area contributed by atoms with Gasteiger partial charge in [-0.15, -0.1) is 0 Å². The number of ether oxygens (including phenoxy) is 1. The van der Waals surface area contributed by atoms with Gasteiger partial charge in [-0.2, -0.15) is 0 Å². The Morgan fingerprint density at radius 2 is 1.85 bits per heavy atom. The Balaban J connectivity index is 2.17. The van der Waals surface area contributed by atoms with Crippen LogP contribution in [0.3, 0.4) is 0 Å². The molecule has 2 amide bonds. The molecular formula is C13H17ClN2O4. The molecule has 0 aromatic heterocycles. The van der Waals surface area contributed by atoms with Gasteiger partial charge in [0.05, 0.1) is 6.54 Å². The summed E-state index contributed by atoms with van der Waals surface area (Å²) < 4.78 is 5.22. The summed E-state index contributed by atoms with van der Waals surface area (Å²) in [5.74, 6) is -0.174. The van der Waals surface area contributed by atoms with E-state index >= 15 is 0 Å². The number of rotatable bonds is 8. The number of aliphatic hydroxyl groups is 1. The standard InChI is InChI=1S/C13H17ClN2O4/c14-10-2-4-11(5-3-10)20-9-13(19)16-8-12(18)15-6-1-7-17/h2-5,17H,1,6-9H2,(H,15,18)(H,16,19). The van der Waals surface area contributed by atoms with Gasteiger partial charge in [-0.25, -0.2) is 0 Å². The van der Waals surface area contributed by atoms with E-state index in [4.69, 9.17) is 21.4 Å². The van der Waals surface area contributed by atoms with Gasteiger partial charge in [0.2, 0.25) is 5.91 Å². The van der Waals surface area contributed by atoms with E-state index in [1.165, 1.54) is 0 Å². The van der Waals surface area contributed by atoms with Crippen LogP contribution in [0.5, 0.6) is 5.75 Å². The predicted octanol–water partition coefficient (Wildman–Crippen LogP) is 0.334. The van der Waals surface area contributed by atoms with Crippen molar-refractivity contribution in [1.29, 1.82) is 0 Å². The van der Waals surface area contributed by atoms with E-state index in [1.54, 1.807) is 24.3 Å². The number of hydrogen-bond acceptors (Lipinski definition) is 4. The molecule has 0 saturated carbocycles. The number of carbonyl (C=O) groups is 2. The molecule has 0 spiro atoms. The van der Waals surface area contributed by atoms with Crippen molar-refractivity contribution in [3.05, 3.63) is 29.3 Å². The van der Waals surface area contributed by atoms with Crippen LogP contribution in [0.1, 0.15) is 6.42 Å². The normalized spacial score (nSPS) is 9.90. The average molecular weight is 301 g/mol. The third-order valence-corrected chi connectivity index (χ3v) is 2.54. The van der Waals surface area contributed by atoms with Crippen LogP contribution >= 0.6 is 11.6 Å². The summed E-state index contributed by atoms with van der Waals surface area (Å²) in [4.78, 5) is 22.7. The summed E-state index contributed by atoms with van der Waals surface area (Å²) >= 11 is 5.72. The van der Waals surface area contributed by atoms with Crippen molar-refractivity contribution in [2.24, 2.45) is 0 Å². The second-order valence-corrected chi connectivity index (χ2v) is 4.38. The number of amides is 2. The Bertz CT molecular complexity index is 437. The van der Waals surface area contributed by atoms with Crippen LogP contribution < -0.4 is 15.4 Å². The van der Waals surface area contributed by atoms with Crippen LogP contribution in [-0.2, 0) is 9.59 Å². The van der Waals surface area contributed by atoms with Crippen molar-refractivity contribution in [3.8, 4) is 5.75 Å². The molecule has 0 saturated heterocycles. The summed E-state index contributed by atoms with van der Waals surface area (Å²) in [5.41, 5.74) is 0. The SMILES string of the molecule is O=C(CNC(=O)COc1ccc(Cl)cc1)NCCCO. The molecule has 110 valence electrons. The molecule has 0 aliphatic heterocycles. The maximum atomic E-state index is 11.4. The van der Waals surface area contributed by atoms with Gasteiger partial charge in [-0.05, 0) is 30.7 Å². The Labute approximate surface area is 122 Å². The predicted molar refractivity (Wildman–Crippen MR) is 74.7 cm³/mol. The third kappa shape index (κ3) is 6.96. The van der Waals surface area contributed by atoms with Crippen LogP contribution in [0, 0.1) is 0 Å². The first-order valence-electron chi connectivity index (χ1n) is 6.14. The van der Waals surface area contributed by atoms with E-state index in [9.17, 15) is 9.59 Å². The molecule has 6 nitrogen and oxygen atoms in total. The zero-order valence-corrected chi connectivity index (χ0v) is 11.7. The Morgan fingerprint density at radius 3 is 2.50 bits per heavy atom. The molecule has 0 fully saturated rings. The zero-order chi connectivity index (χ0) is 14.8. The molecule has 3 N–H and O–H groups in total. The van der Waals surface area contributed by atoms with Crippen molar-refractivity contribution < 1.29 is 19.4 Å². The van der Waals surface area contributed by atoms with Gasteiger partial charge >= 0.3 is 0 Å². The molecule has 0 unspecified atom stereocenters. The molecule has 0 heterocycles. The third-order valence-electron chi connectivity index (χ3n) is 2.29. The largest absolute Gasteiger partial charge is 0.484 e. The summed E-state index contributed by atoms with van der Waals surface area (Å²) in [6.07, 6.45) is 0.485. The molecule has 1 aromatic carbocycles. The first-order valence-corrected chi connectivity index (χ1v) is 6.52. The molecule has 0 radical (unpaired) electrons. The second-order valence-electron chi connectivity index (χ2n) is 3.95. The van der Waals surface area contributed by atoms with Crippen LogP contribution in [0.2, 0.25) is 5.02 Å². The smallest absolute Gasteiger partial charge is 0.258 e. The molecule has 0 bridgehead atoms. The zero-order valence-electron chi connectivity index (χ0n) is 10.9.